The molecule has 1 unspecified atom stereocenters. The molecule has 0 saturated carbocycles. The average molecular weight is 357 g/mol. The van der Waals surface area contributed by atoms with E-state index in [9.17, 15) is 4.79 Å². The van der Waals surface area contributed by atoms with Crippen molar-refractivity contribution in [2.45, 2.75) is 12.5 Å². The fourth-order valence-electron chi connectivity index (χ4n) is 2.99. The van der Waals surface area contributed by atoms with Crippen LogP contribution in [-0.2, 0) is 11.2 Å². The van der Waals surface area contributed by atoms with Gasteiger partial charge in [0.1, 0.15) is 17.1 Å². The molecular weight excluding hydrogens is 338 g/mol. The maximum atomic E-state index is 12.4. The molecule has 2 aromatic carbocycles. The minimum Gasteiger partial charge on any atom is -0.457 e. The van der Waals surface area contributed by atoms with Gasteiger partial charge in [0, 0.05) is 18.8 Å². The van der Waals surface area contributed by atoms with Gasteiger partial charge in [-0.25, -0.2) is 4.98 Å². The summed E-state index contributed by atoms with van der Waals surface area (Å²) in [6.45, 7) is 0. The third kappa shape index (κ3) is 3.73. The zero-order valence-electron chi connectivity index (χ0n) is 14.6. The van der Waals surface area contributed by atoms with Gasteiger partial charge in [0.05, 0.1) is 11.4 Å². The van der Waals surface area contributed by atoms with E-state index >= 15 is 0 Å². The number of hydrogen-bond acceptors (Lipinski definition) is 4. The van der Waals surface area contributed by atoms with Crippen molar-refractivity contribution < 1.29 is 9.53 Å². The van der Waals surface area contributed by atoms with Crippen LogP contribution in [0.25, 0.3) is 11.0 Å². The number of fused-ring (bicyclic) bond motifs is 1. The van der Waals surface area contributed by atoms with Gasteiger partial charge in [-0.1, -0.05) is 42.5 Å². The van der Waals surface area contributed by atoms with Crippen LogP contribution >= 0.6 is 0 Å². The summed E-state index contributed by atoms with van der Waals surface area (Å²) >= 11 is 0. The summed E-state index contributed by atoms with van der Waals surface area (Å²) in [7, 11) is 0. The minimum atomic E-state index is -0.656. The SMILES string of the molecule is NC(C(=O)Cc1ccccc1)c1ccc(Oc2ccnc3[nH]ccc23)cc1. The van der Waals surface area contributed by atoms with Crippen LogP contribution in [0.3, 0.4) is 0 Å². The number of aromatic nitrogens is 2. The summed E-state index contributed by atoms with van der Waals surface area (Å²) in [6, 6.07) is 20.0. The zero-order valence-corrected chi connectivity index (χ0v) is 14.6. The van der Waals surface area contributed by atoms with Crippen LogP contribution in [0.1, 0.15) is 17.2 Å². The standard InChI is InChI=1S/C22H19N3O2/c23-21(19(26)14-15-4-2-1-3-5-15)16-6-8-17(9-7-16)27-20-11-13-25-22-18(20)10-12-24-22/h1-13,21H,14,23H2,(H,24,25). The Hall–Kier alpha value is -3.44. The van der Waals surface area contributed by atoms with Crippen LogP contribution in [0.2, 0.25) is 0 Å². The number of hydrogen-bond donors (Lipinski definition) is 2. The monoisotopic (exact) mass is 357 g/mol. The second kappa shape index (κ2) is 7.43. The Bertz CT molecular complexity index is 1060. The van der Waals surface area contributed by atoms with Gasteiger partial charge < -0.3 is 15.5 Å². The second-order valence-corrected chi connectivity index (χ2v) is 6.33. The predicted molar refractivity (Wildman–Crippen MR) is 105 cm³/mol. The number of nitrogens with one attached hydrogen (secondary N) is 1. The molecule has 134 valence electrons. The number of benzene rings is 2. The van der Waals surface area contributed by atoms with Crippen molar-refractivity contribution in [1.29, 1.82) is 0 Å². The molecule has 5 nitrogen and oxygen atoms in total. The molecular formula is C22H19N3O2. The van der Waals surface area contributed by atoms with Gasteiger partial charge in [-0.15, -0.1) is 0 Å². The molecule has 0 amide bonds. The minimum absolute atomic E-state index is 0.0157. The number of ether oxygens (including phenoxy) is 1. The number of carbonyl (C=O) groups is 1. The van der Waals surface area contributed by atoms with E-state index in [0.29, 0.717) is 12.2 Å². The number of rotatable bonds is 6. The lowest BCUT2D eigenvalue weighted by atomic mass is 9.98. The van der Waals surface area contributed by atoms with Crippen molar-refractivity contribution in [2.75, 3.05) is 0 Å². The molecule has 1 atom stereocenters. The first-order valence-corrected chi connectivity index (χ1v) is 8.73. The van der Waals surface area contributed by atoms with Gasteiger partial charge in [0.2, 0.25) is 0 Å². The molecule has 27 heavy (non-hydrogen) atoms. The molecule has 0 fully saturated rings. The second-order valence-electron chi connectivity index (χ2n) is 6.33. The Kier molecular flexibility index (Phi) is 4.68. The maximum Gasteiger partial charge on any atom is 0.158 e. The Labute approximate surface area is 156 Å². The van der Waals surface area contributed by atoms with Crippen molar-refractivity contribution in [1.82, 2.24) is 9.97 Å². The van der Waals surface area contributed by atoms with Crippen LogP contribution in [-0.4, -0.2) is 15.8 Å². The molecule has 4 aromatic rings. The number of aromatic amines is 1. The Morgan fingerprint density at radius 1 is 1.04 bits per heavy atom. The molecule has 2 aromatic heterocycles. The highest BCUT2D eigenvalue weighted by atomic mass is 16.5. The molecule has 2 heterocycles. The fraction of sp³-hybridized carbons (Fsp3) is 0.0909. The number of nitrogens with two attached hydrogens (primary N) is 1. The molecule has 0 aliphatic carbocycles. The normalized spacial score (nSPS) is 12.0. The number of H-pyrrole nitrogens is 1. The van der Waals surface area contributed by atoms with Gasteiger partial charge in [-0.2, -0.15) is 0 Å². The Balaban J connectivity index is 1.47. The summed E-state index contributed by atoms with van der Waals surface area (Å²) in [4.78, 5) is 19.7. The van der Waals surface area contributed by atoms with E-state index in [0.717, 1.165) is 27.9 Å². The summed E-state index contributed by atoms with van der Waals surface area (Å²) in [5.74, 6) is 1.38. The van der Waals surface area contributed by atoms with Gasteiger partial charge in [-0.3, -0.25) is 4.79 Å². The Morgan fingerprint density at radius 2 is 1.81 bits per heavy atom. The van der Waals surface area contributed by atoms with Crippen molar-refractivity contribution in [3.8, 4) is 11.5 Å². The lowest BCUT2D eigenvalue weighted by molar-refractivity contribution is -0.119. The summed E-state index contributed by atoms with van der Waals surface area (Å²) in [5, 5.41) is 0.913. The van der Waals surface area contributed by atoms with Crippen LogP contribution in [0.15, 0.2) is 79.1 Å². The van der Waals surface area contributed by atoms with Crippen molar-refractivity contribution >= 4 is 16.8 Å². The van der Waals surface area contributed by atoms with Gasteiger partial charge >= 0.3 is 0 Å². The van der Waals surface area contributed by atoms with E-state index < -0.39 is 6.04 Å². The summed E-state index contributed by atoms with van der Waals surface area (Å²) in [6.07, 6.45) is 3.84. The molecule has 0 saturated heterocycles. The van der Waals surface area contributed by atoms with Crippen LogP contribution in [0, 0.1) is 0 Å². The smallest absolute Gasteiger partial charge is 0.158 e. The third-order valence-corrected chi connectivity index (χ3v) is 4.46. The first kappa shape index (κ1) is 17.0. The van der Waals surface area contributed by atoms with E-state index in [-0.39, 0.29) is 5.78 Å². The molecule has 5 heteroatoms. The van der Waals surface area contributed by atoms with Gasteiger partial charge in [0.25, 0.3) is 0 Å². The molecule has 3 N–H and O–H groups in total. The van der Waals surface area contributed by atoms with E-state index in [1.165, 1.54) is 0 Å². The maximum absolute atomic E-state index is 12.4. The van der Waals surface area contributed by atoms with E-state index in [1.54, 1.807) is 6.20 Å². The molecule has 0 spiro atoms. The average Bonchev–Trinajstić information content (AvgIpc) is 3.19. The lowest BCUT2D eigenvalue weighted by Crippen LogP contribution is -2.23. The van der Waals surface area contributed by atoms with Crippen LogP contribution < -0.4 is 10.5 Å². The number of Topliss-reactive ketones (excluding diaryl/α,β-unsaturated/α-hetero) is 1. The van der Waals surface area contributed by atoms with Crippen molar-refractivity contribution in [3.63, 3.8) is 0 Å². The third-order valence-electron chi connectivity index (χ3n) is 4.46. The predicted octanol–water partition coefficient (Wildman–Crippen LogP) is 4.17. The quantitative estimate of drug-likeness (QED) is 0.543. The van der Waals surface area contributed by atoms with Crippen molar-refractivity contribution in [3.05, 3.63) is 90.3 Å². The highest BCUT2D eigenvalue weighted by Gasteiger charge is 2.16. The Morgan fingerprint density at radius 3 is 2.59 bits per heavy atom. The topological polar surface area (TPSA) is 81.0 Å². The summed E-state index contributed by atoms with van der Waals surface area (Å²) < 4.78 is 5.96. The van der Waals surface area contributed by atoms with Gasteiger partial charge in [-0.05, 0) is 35.4 Å². The number of ketones is 1. The highest BCUT2D eigenvalue weighted by molar-refractivity contribution is 5.87. The molecule has 0 aliphatic heterocycles. The number of carbonyl (C=O) groups excluding carboxylic acids is 1. The molecule has 0 aliphatic rings. The molecule has 0 radical (unpaired) electrons. The lowest BCUT2D eigenvalue weighted by Gasteiger charge is -2.12. The summed E-state index contributed by atoms with van der Waals surface area (Å²) in [5.41, 5.74) is 8.65. The first-order chi connectivity index (χ1) is 13.2. The molecule has 0 bridgehead atoms. The molecule has 4 rings (SSSR count). The van der Waals surface area contributed by atoms with Crippen LogP contribution in [0.4, 0.5) is 0 Å². The number of pyridine rings is 1. The first-order valence-electron chi connectivity index (χ1n) is 8.73. The van der Waals surface area contributed by atoms with Crippen LogP contribution in [0.5, 0.6) is 11.5 Å². The van der Waals surface area contributed by atoms with Crippen molar-refractivity contribution in [2.24, 2.45) is 5.73 Å². The largest absolute Gasteiger partial charge is 0.457 e. The number of nitrogens with zero attached hydrogens (tertiary/aromatic N) is 1. The van der Waals surface area contributed by atoms with E-state index in [1.807, 2.05) is 72.9 Å². The zero-order chi connectivity index (χ0) is 18.6. The van der Waals surface area contributed by atoms with Gasteiger partial charge in [0.15, 0.2) is 5.78 Å². The van der Waals surface area contributed by atoms with E-state index in [2.05, 4.69) is 9.97 Å². The highest BCUT2D eigenvalue weighted by Crippen LogP contribution is 2.29. The fourth-order valence-corrected chi connectivity index (χ4v) is 2.99. The van der Waals surface area contributed by atoms with E-state index in [4.69, 9.17) is 10.5 Å².